The Labute approximate surface area is 181 Å². The van der Waals surface area contributed by atoms with Gasteiger partial charge in [0.2, 0.25) is 5.72 Å². The van der Waals surface area contributed by atoms with Gasteiger partial charge in [0.1, 0.15) is 11.5 Å². The summed E-state index contributed by atoms with van der Waals surface area (Å²) < 4.78 is 11.8. The number of carbonyl (C=O) groups excluding carboxylic acids is 1. The Hall–Kier alpha value is -3.22. The first-order chi connectivity index (χ1) is 15.0. The first-order valence-electron chi connectivity index (χ1n) is 10.9. The van der Waals surface area contributed by atoms with Crippen molar-refractivity contribution in [2.75, 3.05) is 19.7 Å². The molecule has 0 bridgehead atoms. The number of fused-ring (bicyclic) bond motifs is 4. The number of para-hydroxylation sites is 1. The number of aryl methyl sites for hydroxylation is 1. The number of nitrogens with zero attached hydrogens (tertiary/aromatic N) is 3. The number of phenolic OH excluding ortho intramolecular Hbond substituents is 1. The summed E-state index contributed by atoms with van der Waals surface area (Å²) in [6, 6.07) is 13.7. The lowest BCUT2D eigenvalue weighted by Gasteiger charge is -2.50. The molecule has 1 atom stereocenters. The predicted octanol–water partition coefficient (Wildman–Crippen LogP) is 4.19. The Balaban J connectivity index is 1.50. The SMILES string of the molecule is CCOC(=O)N1CCC2(CC1)Oc1ccccc1[C@H]1CC(c3cc(C)ccc3O)=NN12. The van der Waals surface area contributed by atoms with Crippen LogP contribution in [0.5, 0.6) is 11.5 Å². The molecule has 3 heterocycles. The van der Waals surface area contributed by atoms with Crippen molar-refractivity contribution in [3.05, 3.63) is 59.2 Å². The first-order valence-corrected chi connectivity index (χ1v) is 10.9. The van der Waals surface area contributed by atoms with E-state index in [-0.39, 0.29) is 17.9 Å². The fourth-order valence-electron chi connectivity index (χ4n) is 4.86. The third-order valence-electron chi connectivity index (χ3n) is 6.44. The first kappa shape index (κ1) is 19.7. The summed E-state index contributed by atoms with van der Waals surface area (Å²) in [6.45, 7) is 5.29. The predicted molar refractivity (Wildman–Crippen MR) is 116 cm³/mol. The number of ether oxygens (including phenoxy) is 2. The summed E-state index contributed by atoms with van der Waals surface area (Å²) in [5, 5.41) is 17.6. The van der Waals surface area contributed by atoms with Gasteiger partial charge in [-0.25, -0.2) is 9.80 Å². The van der Waals surface area contributed by atoms with Crippen LogP contribution in [0.3, 0.4) is 0 Å². The normalized spacial score (nSPS) is 21.2. The van der Waals surface area contributed by atoms with Crippen molar-refractivity contribution in [3.63, 3.8) is 0 Å². The van der Waals surface area contributed by atoms with Gasteiger partial charge in [-0.05, 0) is 32.0 Å². The summed E-state index contributed by atoms with van der Waals surface area (Å²) in [6.07, 6.45) is 1.68. The highest BCUT2D eigenvalue weighted by Gasteiger charge is 2.52. The summed E-state index contributed by atoms with van der Waals surface area (Å²) in [7, 11) is 0. The van der Waals surface area contributed by atoms with E-state index in [0.29, 0.717) is 39.0 Å². The number of piperidine rings is 1. The van der Waals surface area contributed by atoms with Crippen molar-refractivity contribution in [2.45, 2.75) is 44.9 Å². The fraction of sp³-hybridized carbons (Fsp3) is 0.417. The maximum absolute atomic E-state index is 12.2. The Morgan fingerprint density at radius 2 is 2.03 bits per heavy atom. The number of amides is 1. The van der Waals surface area contributed by atoms with Gasteiger partial charge in [0, 0.05) is 43.5 Å². The van der Waals surface area contributed by atoms with Crippen LogP contribution in [-0.4, -0.2) is 52.2 Å². The molecule has 0 aliphatic carbocycles. The number of likely N-dealkylation sites (tertiary alicyclic amines) is 1. The molecule has 2 aromatic rings. The van der Waals surface area contributed by atoms with Crippen LogP contribution in [0.1, 0.15) is 48.9 Å². The smallest absolute Gasteiger partial charge is 0.409 e. The lowest BCUT2D eigenvalue weighted by molar-refractivity contribution is -0.147. The molecule has 3 aliphatic rings. The zero-order valence-corrected chi connectivity index (χ0v) is 17.9. The summed E-state index contributed by atoms with van der Waals surface area (Å²) in [4.78, 5) is 13.9. The summed E-state index contributed by atoms with van der Waals surface area (Å²) in [5.74, 6) is 1.11. The largest absolute Gasteiger partial charge is 0.507 e. The van der Waals surface area contributed by atoms with E-state index < -0.39 is 5.72 Å². The lowest BCUT2D eigenvalue weighted by atomic mass is 9.90. The van der Waals surface area contributed by atoms with Gasteiger partial charge in [0.05, 0.1) is 18.4 Å². The van der Waals surface area contributed by atoms with Crippen molar-refractivity contribution < 1.29 is 19.4 Å². The minimum atomic E-state index is -0.622. The third-order valence-corrected chi connectivity index (χ3v) is 6.44. The van der Waals surface area contributed by atoms with E-state index in [9.17, 15) is 9.90 Å². The van der Waals surface area contributed by atoms with Gasteiger partial charge in [-0.15, -0.1) is 0 Å². The molecule has 7 nitrogen and oxygen atoms in total. The molecular weight excluding hydrogens is 394 g/mol. The molecule has 31 heavy (non-hydrogen) atoms. The topological polar surface area (TPSA) is 74.6 Å². The number of hydrazone groups is 1. The molecule has 1 fully saturated rings. The van der Waals surface area contributed by atoms with Gasteiger partial charge in [0.25, 0.3) is 0 Å². The second kappa shape index (κ2) is 7.48. The molecule has 162 valence electrons. The van der Waals surface area contributed by atoms with E-state index in [0.717, 1.165) is 28.2 Å². The van der Waals surface area contributed by atoms with Crippen molar-refractivity contribution in [3.8, 4) is 11.5 Å². The van der Waals surface area contributed by atoms with E-state index in [4.69, 9.17) is 14.6 Å². The quantitative estimate of drug-likeness (QED) is 0.787. The number of rotatable bonds is 2. The van der Waals surface area contributed by atoms with Crippen LogP contribution >= 0.6 is 0 Å². The Kier molecular flexibility index (Phi) is 4.76. The van der Waals surface area contributed by atoms with Crippen LogP contribution in [0.25, 0.3) is 0 Å². The number of phenols is 1. The molecule has 1 saturated heterocycles. The maximum Gasteiger partial charge on any atom is 0.409 e. The van der Waals surface area contributed by atoms with Crippen molar-refractivity contribution in [2.24, 2.45) is 5.10 Å². The summed E-state index contributed by atoms with van der Waals surface area (Å²) in [5.41, 5.74) is 3.19. The highest BCUT2D eigenvalue weighted by Crippen LogP contribution is 2.50. The second-order valence-electron chi connectivity index (χ2n) is 8.40. The number of carbonyl (C=O) groups is 1. The molecule has 1 N–H and O–H groups in total. The van der Waals surface area contributed by atoms with Crippen LogP contribution in [0, 0.1) is 6.92 Å². The average molecular weight is 421 g/mol. The maximum atomic E-state index is 12.2. The van der Waals surface area contributed by atoms with Gasteiger partial charge in [-0.1, -0.05) is 29.8 Å². The average Bonchev–Trinajstić information content (AvgIpc) is 3.23. The van der Waals surface area contributed by atoms with E-state index in [1.165, 1.54) is 0 Å². The number of aromatic hydroxyl groups is 1. The van der Waals surface area contributed by atoms with Gasteiger partial charge >= 0.3 is 6.09 Å². The van der Waals surface area contributed by atoms with Gasteiger partial charge in [0.15, 0.2) is 0 Å². The Bertz CT molecular complexity index is 1040. The molecule has 1 amide bonds. The van der Waals surface area contributed by atoms with E-state index >= 15 is 0 Å². The van der Waals surface area contributed by atoms with Crippen molar-refractivity contribution in [1.82, 2.24) is 9.91 Å². The molecule has 2 aromatic carbocycles. The molecule has 0 unspecified atom stereocenters. The Morgan fingerprint density at radius 1 is 1.26 bits per heavy atom. The number of hydrogen-bond acceptors (Lipinski definition) is 6. The standard InChI is InChI=1S/C24H27N3O4/c1-3-30-23(29)26-12-10-24(11-13-26)27-20(17-6-4-5-7-22(17)31-24)15-19(25-27)18-14-16(2)8-9-21(18)28/h4-9,14,20,28H,3,10-13,15H2,1-2H3/t20-/m1/s1. The minimum Gasteiger partial charge on any atom is -0.507 e. The zero-order chi connectivity index (χ0) is 21.6. The van der Waals surface area contributed by atoms with Crippen LogP contribution in [0.2, 0.25) is 0 Å². The molecule has 5 rings (SSSR count). The highest BCUT2D eigenvalue weighted by atomic mass is 16.6. The van der Waals surface area contributed by atoms with E-state index in [1.54, 1.807) is 11.0 Å². The second-order valence-corrected chi connectivity index (χ2v) is 8.40. The Morgan fingerprint density at radius 3 is 2.81 bits per heavy atom. The van der Waals surface area contributed by atoms with Gasteiger partial charge in [-0.2, -0.15) is 5.10 Å². The van der Waals surface area contributed by atoms with E-state index in [1.807, 2.05) is 44.2 Å². The van der Waals surface area contributed by atoms with Crippen LogP contribution < -0.4 is 4.74 Å². The molecule has 1 spiro atoms. The van der Waals surface area contributed by atoms with Gasteiger partial charge in [-0.3, -0.25) is 0 Å². The lowest BCUT2D eigenvalue weighted by Crippen LogP contribution is -2.59. The van der Waals surface area contributed by atoms with Gasteiger partial charge < -0.3 is 19.5 Å². The monoisotopic (exact) mass is 421 g/mol. The number of hydrogen-bond donors (Lipinski definition) is 1. The number of benzene rings is 2. The molecule has 3 aliphatic heterocycles. The third kappa shape index (κ3) is 3.28. The van der Waals surface area contributed by atoms with E-state index in [2.05, 4.69) is 11.1 Å². The van der Waals surface area contributed by atoms with Crippen LogP contribution in [0.4, 0.5) is 4.79 Å². The highest BCUT2D eigenvalue weighted by molar-refractivity contribution is 6.04. The molecule has 7 heteroatoms. The zero-order valence-electron chi connectivity index (χ0n) is 17.9. The molecule has 0 radical (unpaired) electrons. The van der Waals surface area contributed by atoms with Crippen molar-refractivity contribution >= 4 is 11.8 Å². The molecular formula is C24H27N3O4. The van der Waals surface area contributed by atoms with Crippen LogP contribution in [0.15, 0.2) is 47.6 Å². The summed E-state index contributed by atoms with van der Waals surface area (Å²) >= 11 is 0. The molecule has 0 saturated carbocycles. The van der Waals surface area contributed by atoms with Crippen LogP contribution in [-0.2, 0) is 4.74 Å². The molecule has 0 aromatic heterocycles. The fourth-order valence-corrected chi connectivity index (χ4v) is 4.86. The minimum absolute atomic E-state index is 0.0361. The van der Waals surface area contributed by atoms with Crippen molar-refractivity contribution in [1.29, 1.82) is 0 Å².